The molecule has 0 amide bonds. The topological polar surface area (TPSA) is 46.2 Å². The van der Waals surface area contributed by atoms with E-state index in [9.17, 15) is 9.59 Å². The predicted molar refractivity (Wildman–Crippen MR) is 96.5 cm³/mol. The first kappa shape index (κ1) is 20.0. The van der Waals surface area contributed by atoms with Gasteiger partial charge < -0.3 is 10.1 Å². The standard InChI is InChI=1S/C11H14INO.C6H10O/c1-8(14)11(13-2)7-9-4-3-5-10(12)6-9;1-3-4-5-6(2)7/h3-6,11,13H,7H2,1-2H3;3H,1,4-5H2,2H3. The van der Waals surface area contributed by atoms with E-state index in [0.29, 0.717) is 6.42 Å². The van der Waals surface area contributed by atoms with E-state index in [4.69, 9.17) is 0 Å². The quantitative estimate of drug-likeness (QED) is 0.562. The molecule has 1 aromatic rings. The van der Waals surface area contributed by atoms with Crippen molar-refractivity contribution in [2.24, 2.45) is 0 Å². The molecule has 0 saturated heterocycles. The van der Waals surface area contributed by atoms with E-state index >= 15 is 0 Å². The molecule has 0 bridgehead atoms. The molecule has 4 heteroatoms. The predicted octanol–water partition coefficient (Wildman–Crippen LogP) is 3.55. The van der Waals surface area contributed by atoms with Crippen molar-refractivity contribution in [1.29, 1.82) is 0 Å². The molecule has 1 atom stereocenters. The molecule has 1 unspecified atom stereocenters. The SMILES string of the molecule is C=CCCC(C)=O.CNC(Cc1cccc(I)c1)C(C)=O. The number of hydrogen-bond donors (Lipinski definition) is 1. The third-order valence-electron chi connectivity index (χ3n) is 2.87. The van der Waals surface area contributed by atoms with Crippen molar-refractivity contribution in [2.75, 3.05) is 7.05 Å². The Hall–Kier alpha value is -1.01. The maximum atomic E-state index is 11.2. The smallest absolute Gasteiger partial charge is 0.147 e. The van der Waals surface area contributed by atoms with Gasteiger partial charge in [-0.05, 0) is 74.0 Å². The summed E-state index contributed by atoms with van der Waals surface area (Å²) in [6.07, 6.45) is 3.98. The van der Waals surface area contributed by atoms with Gasteiger partial charge in [-0.25, -0.2) is 0 Å². The number of rotatable bonds is 7. The molecular weight excluding hydrogens is 377 g/mol. The van der Waals surface area contributed by atoms with Gasteiger partial charge in [-0.1, -0.05) is 18.2 Å². The van der Waals surface area contributed by atoms with Gasteiger partial charge in [-0.3, -0.25) is 4.79 Å². The number of carbonyl (C=O) groups is 2. The Morgan fingerprint density at radius 3 is 2.43 bits per heavy atom. The Morgan fingerprint density at radius 1 is 1.38 bits per heavy atom. The Bertz CT molecular complexity index is 472. The monoisotopic (exact) mass is 401 g/mol. The molecule has 0 fully saturated rings. The number of hydrogen-bond acceptors (Lipinski definition) is 3. The fourth-order valence-electron chi connectivity index (χ4n) is 1.65. The highest BCUT2D eigenvalue weighted by atomic mass is 127. The number of halogens is 1. The molecule has 1 rings (SSSR count). The minimum absolute atomic E-state index is 0.0619. The van der Waals surface area contributed by atoms with Crippen LogP contribution in [0.1, 0.15) is 32.3 Å². The van der Waals surface area contributed by atoms with Crippen LogP contribution in [0.5, 0.6) is 0 Å². The molecule has 1 aromatic carbocycles. The maximum Gasteiger partial charge on any atom is 0.147 e. The van der Waals surface area contributed by atoms with Gasteiger partial charge in [-0.2, -0.15) is 0 Å². The number of carbonyl (C=O) groups excluding carboxylic acids is 2. The zero-order chi connectivity index (χ0) is 16.3. The van der Waals surface area contributed by atoms with Crippen molar-refractivity contribution < 1.29 is 9.59 Å². The second kappa shape index (κ2) is 11.6. The van der Waals surface area contributed by atoms with E-state index < -0.39 is 0 Å². The molecule has 116 valence electrons. The molecule has 21 heavy (non-hydrogen) atoms. The second-order valence-electron chi connectivity index (χ2n) is 4.82. The van der Waals surface area contributed by atoms with E-state index in [1.54, 1.807) is 19.9 Å². The molecule has 1 N–H and O–H groups in total. The average molecular weight is 401 g/mol. The van der Waals surface area contributed by atoms with E-state index in [1.807, 2.05) is 19.2 Å². The van der Waals surface area contributed by atoms with Gasteiger partial charge in [0.05, 0.1) is 6.04 Å². The first-order chi connectivity index (χ1) is 9.90. The normalized spacial score (nSPS) is 11.0. The highest BCUT2D eigenvalue weighted by Gasteiger charge is 2.11. The summed E-state index contributed by atoms with van der Waals surface area (Å²) in [5, 5.41) is 3.02. The fourth-order valence-corrected chi connectivity index (χ4v) is 2.26. The van der Waals surface area contributed by atoms with Gasteiger partial charge in [0.25, 0.3) is 0 Å². The summed E-state index contributed by atoms with van der Waals surface area (Å²) < 4.78 is 1.21. The maximum absolute atomic E-state index is 11.2. The molecule has 0 saturated carbocycles. The van der Waals surface area contributed by atoms with Crippen LogP contribution < -0.4 is 5.32 Å². The van der Waals surface area contributed by atoms with Gasteiger partial charge >= 0.3 is 0 Å². The van der Waals surface area contributed by atoms with Gasteiger partial charge in [0.15, 0.2) is 0 Å². The molecule has 0 aliphatic carbocycles. The van der Waals surface area contributed by atoms with E-state index in [1.165, 1.54) is 9.13 Å². The lowest BCUT2D eigenvalue weighted by atomic mass is 10.0. The summed E-state index contributed by atoms with van der Waals surface area (Å²) in [4.78, 5) is 21.4. The molecule has 0 aromatic heterocycles. The van der Waals surface area contributed by atoms with Crippen molar-refractivity contribution in [3.8, 4) is 0 Å². The first-order valence-electron chi connectivity index (χ1n) is 6.93. The summed E-state index contributed by atoms with van der Waals surface area (Å²) >= 11 is 2.28. The molecule has 0 aliphatic rings. The van der Waals surface area contributed by atoms with E-state index in [-0.39, 0.29) is 17.6 Å². The van der Waals surface area contributed by atoms with Crippen molar-refractivity contribution in [3.63, 3.8) is 0 Å². The van der Waals surface area contributed by atoms with Crippen LogP contribution >= 0.6 is 22.6 Å². The lowest BCUT2D eigenvalue weighted by Crippen LogP contribution is -2.34. The molecule has 0 heterocycles. The largest absolute Gasteiger partial charge is 0.310 e. The van der Waals surface area contributed by atoms with Crippen LogP contribution in [0.2, 0.25) is 0 Å². The lowest BCUT2D eigenvalue weighted by molar-refractivity contribution is -0.119. The molecular formula is C17H24INO2. The third kappa shape index (κ3) is 10.4. The van der Waals surface area contributed by atoms with Crippen molar-refractivity contribution >= 4 is 34.2 Å². The average Bonchev–Trinajstić information content (AvgIpc) is 2.43. The number of allylic oxidation sites excluding steroid dienone is 1. The Labute approximate surface area is 141 Å². The van der Waals surface area contributed by atoms with Crippen LogP contribution in [-0.4, -0.2) is 24.7 Å². The molecule has 0 spiro atoms. The van der Waals surface area contributed by atoms with Gasteiger partial charge in [0.1, 0.15) is 11.6 Å². The van der Waals surface area contributed by atoms with Crippen LogP contribution in [0.4, 0.5) is 0 Å². The van der Waals surface area contributed by atoms with Crippen LogP contribution in [-0.2, 0) is 16.0 Å². The Kier molecular flexibility index (Phi) is 11.1. The zero-order valence-electron chi connectivity index (χ0n) is 13.0. The van der Waals surface area contributed by atoms with Crippen molar-refractivity contribution in [3.05, 3.63) is 46.1 Å². The highest BCUT2D eigenvalue weighted by molar-refractivity contribution is 14.1. The number of benzene rings is 1. The van der Waals surface area contributed by atoms with Crippen molar-refractivity contribution in [2.45, 2.75) is 39.2 Å². The summed E-state index contributed by atoms with van der Waals surface area (Å²) in [6, 6.07) is 8.16. The van der Waals surface area contributed by atoms with Crippen LogP contribution in [0, 0.1) is 3.57 Å². The minimum atomic E-state index is -0.0619. The molecule has 0 aliphatic heterocycles. The number of likely N-dealkylation sites (N-methyl/N-ethyl adjacent to an activating group) is 1. The highest BCUT2D eigenvalue weighted by Crippen LogP contribution is 2.10. The second-order valence-corrected chi connectivity index (χ2v) is 6.06. The number of Topliss-reactive ketones (excluding diaryl/α,β-unsaturated/α-hetero) is 2. The van der Waals surface area contributed by atoms with Crippen LogP contribution in [0.25, 0.3) is 0 Å². The zero-order valence-corrected chi connectivity index (χ0v) is 15.1. The Morgan fingerprint density at radius 2 is 2.05 bits per heavy atom. The fraction of sp³-hybridized carbons (Fsp3) is 0.412. The van der Waals surface area contributed by atoms with Crippen molar-refractivity contribution in [1.82, 2.24) is 5.32 Å². The third-order valence-corrected chi connectivity index (χ3v) is 3.54. The van der Waals surface area contributed by atoms with Gasteiger partial charge in [0, 0.05) is 9.99 Å². The summed E-state index contributed by atoms with van der Waals surface area (Å²) in [6.45, 7) is 6.69. The summed E-state index contributed by atoms with van der Waals surface area (Å²) in [5.74, 6) is 0.422. The summed E-state index contributed by atoms with van der Waals surface area (Å²) in [5.41, 5.74) is 1.20. The van der Waals surface area contributed by atoms with Crippen LogP contribution in [0.3, 0.4) is 0 Å². The summed E-state index contributed by atoms with van der Waals surface area (Å²) in [7, 11) is 1.82. The van der Waals surface area contributed by atoms with Gasteiger partial charge in [0.2, 0.25) is 0 Å². The van der Waals surface area contributed by atoms with E-state index in [2.05, 4.69) is 46.6 Å². The number of ketones is 2. The van der Waals surface area contributed by atoms with E-state index in [0.717, 1.165) is 12.8 Å². The van der Waals surface area contributed by atoms with Gasteiger partial charge in [-0.15, -0.1) is 6.58 Å². The molecule has 3 nitrogen and oxygen atoms in total. The first-order valence-corrected chi connectivity index (χ1v) is 8.01. The molecule has 0 radical (unpaired) electrons. The lowest BCUT2D eigenvalue weighted by Gasteiger charge is -2.12. The Balaban J connectivity index is 0.000000486. The minimum Gasteiger partial charge on any atom is -0.310 e. The van der Waals surface area contributed by atoms with Crippen LogP contribution in [0.15, 0.2) is 36.9 Å². The number of nitrogens with one attached hydrogen (secondary N) is 1.